The van der Waals surface area contributed by atoms with Gasteiger partial charge in [0.05, 0.1) is 5.69 Å². The molecule has 1 rings (SSSR count). The van der Waals surface area contributed by atoms with Gasteiger partial charge in [-0.1, -0.05) is 27.7 Å². The Labute approximate surface area is 98.8 Å². The number of hydrogen-bond donors (Lipinski definition) is 2. The normalized spacial score (nSPS) is 12.4. The summed E-state index contributed by atoms with van der Waals surface area (Å²) in [5, 5.41) is 0. The van der Waals surface area contributed by atoms with Crippen LogP contribution >= 0.6 is 0 Å². The first kappa shape index (κ1) is 13.2. The zero-order valence-electron chi connectivity index (χ0n) is 11.2. The molecule has 1 aromatic heterocycles. The van der Waals surface area contributed by atoms with Crippen LogP contribution in [0.25, 0.3) is 0 Å². The molecule has 0 saturated heterocycles. The second kappa shape index (κ2) is 5.00. The number of aromatic amines is 1. The Morgan fingerprint density at radius 2 is 2.00 bits per heavy atom. The summed E-state index contributed by atoms with van der Waals surface area (Å²) in [6.07, 6.45) is 2.00. The molecule has 3 heteroatoms. The minimum Gasteiger partial charge on any atom is -0.345 e. The zero-order chi connectivity index (χ0) is 12.3. The standard InChI is InChI=1S/C13H25N3/c1-9(2)8-11-10(3)15-12(16-11)13(4,5)6-7-14/h9H,6-8,14H2,1-5H3,(H,15,16). The third-order valence-electron chi connectivity index (χ3n) is 3.00. The molecule has 0 aliphatic heterocycles. The van der Waals surface area contributed by atoms with Gasteiger partial charge in [-0.15, -0.1) is 0 Å². The van der Waals surface area contributed by atoms with Crippen LogP contribution in [-0.2, 0) is 11.8 Å². The molecule has 1 aromatic rings. The molecule has 0 spiro atoms. The molecule has 92 valence electrons. The molecule has 0 radical (unpaired) electrons. The van der Waals surface area contributed by atoms with E-state index in [-0.39, 0.29) is 5.41 Å². The van der Waals surface area contributed by atoms with Crippen molar-refractivity contribution < 1.29 is 0 Å². The van der Waals surface area contributed by atoms with Gasteiger partial charge < -0.3 is 10.7 Å². The highest BCUT2D eigenvalue weighted by Crippen LogP contribution is 2.25. The lowest BCUT2D eigenvalue weighted by Gasteiger charge is -2.20. The van der Waals surface area contributed by atoms with Crippen molar-refractivity contribution in [2.75, 3.05) is 6.54 Å². The second-order valence-electron chi connectivity index (χ2n) is 5.68. The van der Waals surface area contributed by atoms with E-state index in [1.165, 1.54) is 11.4 Å². The van der Waals surface area contributed by atoms with Crippen molar-refractivity contribution >= 4 is 0 Å². The van der Waals surface area contributed by atoms with E-state index in [0.29, 0.717) is 12.5 Å². The van der Waals surface area contributed by atoms with Crippen molar-refractivity contribution in [1.29, 1.82) is 0 Å². The van der Waals surface area contributed by atoms with E-state index >= 15 is 0 Å². The molecular formula is C13H25N3. The van der Waals surface area contributed by atoms with Crippen molar-refractivity contribution in [3.05, 3.63) is 17.2 Å². The molecule has 0 amide bonds. The number of rotatable bonds is 5. The SMILES string of the molecule is Cc1[nH]c(C(C)(C)CCN)nc1CC(C)C. The number of imidazole rings is 1. The fraction of sp³-hybridized carbons (Fsp3) is 0.769. The van der Waals surface area contributed by atoms with Crippen LogP contribution in [0.2, 0.25) is 0 Å². The van der Waals surface area contributed by atoms with Gasteiger partial charge in [0.1, 0.15) is 5.82 Å². The molecule has 0 bridgehead atoms. The van der Waals surface area contributed by atoms with E-state index in [1.54, 1.807) is 0 Å². The molecule has 16 heavy (non-hydrogen) atoms. The Bertz CT molecular complexity index is 337. The highest BCUT2D eigenvalue weighted by atomic mass is 15.0. The third-order valence-corrected chi connectivity index (χ3v) is 3.00. The van der Waals surface area contributed by atoms with Crippen molar-refractivity contribution in [2.24, 2.45) is 11.7 Å². The van der Waals surface area contributed by atoms with Gasteiger partial charge in [0.2, 0.25) is 0 Å². The van der Waals surface area contributed by atoms with Crippen LogP contribution in [0.3, 0.4) is 0 Å². The monoisotopic (exact) mass is 223 g/mol. The first-order valence-corrected chi connectivity index (χ1v) is 6.13. The number of nitrogens with two attached hydrogens (primary N) is 1. The van der Waals surface area contributed by atoms with Gasteiger partial charge in [0.25, 0.3) is 0 Å². The minimum atomic E-state index is 0.0503. The summed E-state index contributed by atoms with van der Waals surface area (Å²) in [6, 6.07) is 0. The van der Waals surface area contributed by atoms with Crippen LogP contribution in [0.5, 0.6) is 0 Å². The summed E-state index contributed by atoms with van der Waals surface area (Å²) in [5.74, 6) is 1.72. The van der Waals surface area contributed by atoms with Crippen LogP contribution in [0.15, 0.2) is 0 Å². The topological polar surface area (TPSA) is 54.7 Å². The number of nitrogens with one attached hydrogen (secondary N) is 1. The summed E-state index contributed by atoms with van der Waals surface area (Å²) < 4.78 is 0. The Hall–Kier alpha value is -0.830. The Kier molecular flexibility index (Phi) is 4.14. The Balaban J connectivity index is 2.91. The molecular weight excluding hydrogens is 198 g/mol. The lowest BCUT2D eigenvalue weighted by atomic mass is 9.88. The van der Waals surface area contributed by atoms with E-state index in [9.17, 15) is 0 Å². The van der Waals surface area contributed by atoms with Crippen molar-refractivity contribution in [2.45, 2.75) is 52.9 Å². The van der Waals surface area contributed by atoms with Crippen LogP contribution < -0.4 is 5.73 Å². The van der Waals surface area contributed by atoms with Crippen LogP contribution in [0.1, 0.15) is 51.3 Å². The zero-order valence-corrected chi connectivity index (χ0v) is 11.2. The maximum Gasteiger partial charge on any atom is 0.112 e. The highest BCUT2D eigenvalue weighted by molar-refractivity contribution is 5.18. The molecule has 0 aliphatic carbocycles. The molecule has 0 aliphatic rings. The summed E-state index contributed by atoms with van der Waals surface area (Å²) in [6.45, 7) is 11.6. The molecule has 1 heterocycles. The van der Waals surface area contributed by atoms with E-state index in [1.807, 2.05) is 0 Å². The lowest BCUT2D eigenvalue weighted by Crippen LogP contribution is -2.23. The fourth-order valence-electron chi connectivity index (χ4n) is 1.88. The Morgan fingerprint density at radius 1 is 1.38 bits per heavy atom. The Morgan fingerprint density at radius 3 is 2.50 bits per heavy atom. The number of nitrogens with zero attached hydrogens (tertiary/aromatic N) is 1. The van der Waals surface area contributed by atoms with E-state index in [2.05, 4.69) is 39.6 Å². The molecule has 0 atom stereocenters. The first-order valence-electron chi connectivity index (χ1n) is 6.13. The molecule has 3 N–H and O–H groups in total. The summed E-state index contributed by atoms with van der Waals surface area (Å²) in [7, 11) is 0. The van der Waals surface area contributed by atoms with Crippen LogP contribution in [0, 0.1) is 12.8 Å². The predicted octanol–water partition coefficient (Wildman–Crippen LogP) is 2.54. The summed E-state index contributed by atoms with van der Waals surface area (Å²) in [5.41, 5.74) is 8.09. The van der Waals surface area contributed by atoms with Gasteiger partial charge in [0.15, 0.2) is 0 Å². The van der Waals surface area contributed by atoms with Crippen LogP contribution in [-0.4, -0.2) is 16.5 Å². The first-order chi connectivity index (χ1) is 7.36. The quantitative estimate of drug-likeness (QED) is 0.806. The van der Waals surface area contributed by atoms with Gasteiger partial charge in [-0.2, -0.15) is 0 Å². The average molecular weight is 223 g/mol. The maximum atomic E-state index is 5.64. The molecule has 0 unspecified atom stereocenters. The van der Waals surface area contributed by atoms with Gasteiger partial charge in [-0.25, -0.2) is 4.98 Å². The largest absolute Gasteiger partial charge is 0.345 e. The van der Waals surface area contributed by atoms with Gasteiger partial charge in [0, 0.05) is 11.1 Å². The molecule has 3 nitrogen and oxygen atoms in total. The predicted molar refractivity (Wildman–Crippen MR) is 68.6 cm³/mol. The smallest absolute Gasteiger partial charge is 0.112 e. The second-order valence-corrected chi connectivity index (χ2v) is 5.68. The molecule has 0 fully saturated rings. The average Bonchev–Trinajstić information content (AvgIpc) is 2.47. The minimum absolute atomic E-state index is 0.0503. The fourth-order valence-corrected chi connectivity index (χ4v) is 1.88. The van der Waals surface area contributed by atoms with E-state index in [0.717, 1.165) is 18.7 Å². The highest BCUT2D eigenvalue weighted by Gasteiger charge is 2.24. The van der Waals surface area contributed by atoms with Crippen LogP contribution in [0.4, 0.5) is 0 Å². The number of aryl methyl sites for hydroxylation is 1. The lowest BCUT2D eigenvalue weighted by molar-refractivity contribution is 0.460. The van der Waals surface area contributed by atoms with Crippen molar-refractivity contribution in [3.8, 4) is 0 Å². The third kappa shape index (κ3) is 3.08. The van der Waals surface area contributed by atoms with Crippen molar-refractivity contribution in [1.82, 2.24) is 9.97 Å². The van der Waals surface area contributed by atoms with Crippen molar-refractivity contribution in [3.63, 3.8) is 0 Å². The number of H-pyrrole nitrogens is 1. The molecule has 0 saturated carbocycles. The van der Waals surface area contributed by atoms with E-state index < -0.39 is 0 Å². The maximum absolute atomic E-state index is 5.64. The number of aromatic nitrogens is 2. The number of hydrogen-bond acceptors (Lipinski definition) is 2. The summed E-state index contributed by atoms with van der Waals surface area (Å²) >= 11 is 0. The van der Waals surface area contributed by atoms with Gasteiger partial charge in [-0.3, -0.25) is 0 Å². The van der Waals surface area contributed by atoms with Gasteiger partial charge in [-0.05, 0) is 32.2 Å². The summed E-state index contributed by atoms with van der Waals surface area (Å²) in [4.78, 5) is 8.14. The molecule has 0 aromatic carbocycles. The van der Waals surface area contributed by atoms with Gasteiger partial charge >= 0.3 is 0 Å². The van der Waals surface area contributed by atoms with E-state index in [4.69, 9.17) is 10.7 Å².